The molecule has 0 bridgehead atoms. The van der Waals surface area contributed by atoms with E-state index in [1.807, 2.05) is 0 Å². The number of fused-ring (bicyclic) bond motifs is 2. The number of nitrogens with one attached hydrogen (secondary N) is 2. The highest BCUT2D eigenvalue weighted by molar-refractivity contribution is 7.89. The van der Waals surface area contributed by atoms with Crippen molar-refractivity contribution in [2.45, 2.75) is 4.90 Å². The molecule has 0 radical (unpaired) electrons. The summed E-state index contributed by atoms with van der Waals surface area (Å²) in [6, 6.07) is 3.56. The van der Waals surface area contributed by atoms with Crippen molar-refractivity contribution in [3.05, 3.63) is 24.5 Å². The molecule has 2 aliphatic rings. The molecule has 4 rings (SSSR count). The highest BCUT2D eigenvalue weighted by Crippen LogP contribution is 2.32. The first kappa shape index (κ1) is 12.3. The van der Waals surface area contributed by atoms with Gasteiger partial charge in [0.15, 0.2) is 0 Å². The van der Waals surface area contributed by atoms with E-state index in [9.17, 15) is 8.42 Å². The average Bonchev–Trinajstić information content (AvgIpc) is 3.12. The molecule has 2 saturated heterocycles. The molecule has 2 aliphatic heterocycles. The number of aromatic nitrogens is 2. The van der Waals surface area contributed by atoms with Crippen molar-refractivity contribution in [2.75, 3.05) is 26.2 Å². The summed E-state index contributed by atoms with van der Waals surface area (Å²) in [5, 5.41) is 3.99. The van der Waals surface area contributed by atoms with Gasteiger partial charge in [0.05, 0.1) is 0 Å². The van der Waals surface area contributed by atoms with Crippen LogP contribution in [0.3, 0.4) is 0 Å². The minimum atomic E-state index is -3.43. The second-order valence-corrected chi connectivity index (χ2v) is 7.46. The Morgan fingerprint density at radius 1 is 1.25 bits per heavy atom. The Kier molecular flexibility index (Phi) is 2.63. The predicted molar refractivity (Wildman–Crippen MR) is 74.7 cm³/mol. The van der Waals surface area contributed by atoms with E-state index in [-0.39, 0.29) is 0 Å². The number of sulfonamides is 1. The van der Waals surface area contributed by atoms with Crippen LogP contribution >= 0.6 is 0 Å². The van der Waals surface area contributed by atoms with E-state index < -0.39 is 10.0 Å². The summed E-state index contributed by atoms with van der Waals surface area (Å²) < 4.78 is 27.2. The zero-order valence-corrected chi connectivity index (χ0v) is 11.7. The molecule has 0 aromatic carbocycles. The molecule has 2 N–H and O–H groups in total. The molecule has 0 unspecified atom stereocenters. The summed E-state index contributed by atoms with van der Waals surface area (Å²) in [5.74, 6) is 0.904. The SMILES string of the molecule is O=S(=O)(c1c[nH]c2ncccc12)N1C[C@H]2CNC[C@H]2C1. The van der Waals surface area contributed by atoms with Crippen LogP contribution < -0.4 is 5.32 Å². The van der Waals surface area contributed by atoms with E-state index in [1.54, 1.807) is 28.8 Å². The van der Waals surface area contributed by atoms with Gasteiger partial charge in [0, 0.05) is 30.9 Å². The summed E-state index contributed by atoms with van der Waals surface area (Å²) in [7, 11) is -3.43. The van der Waals surface area contributed by atoms with Crippen LogP contribution in [0.25, 0.3) is 11.0 Å². The van der Waals surface area contributed by atoms with Gasteiger partial charge in [0.1, 0.15) is 10.5 Å². The summed E-state index contributed by atoms with van der Waals surface area (Å²) in [4.78, 5) is 7.43. The highest BCUT2D eigenvalue weighted by atomic mass is 32.2. The van der Waals surface area contributed by atoms with Crippen LogP contribution in [0, 0.1) is 11.8 Å². The maximum Gasteiger partial charge on any atom is 0.245 e. The van der Waals surface area contributed by atoms with Gasteiger partial charge in [-0.3, -0.25) is 0 Å². The fourth-order valence-corrected chi connectivity index (χ4v) is 5.00. The second kappa shape index (κ2) is 4.28. The molecule has 6 nitrogen and oxygen atoms in total. The predicted octanol–water partition coefficient (Wildman–Crippen LogP) is 0.403. The van der Waals surface area contributed by atoms with Crippen molar-refractivity contribution in [3.8, 4) is 0 Å². The highest BCUT2D eigenvalue weighted by Gasteiger charge is 2.42. The Bertz CT molecular complexity index is 743. The molecule has 20 heavy (non-hydrogen) atoms. The van der Waals surface area contributed by atoms with Crippen molar-refractivity contribution in [3.63, 3.8) is 0 Å². The molecule has 0 aliphatic carbocycles. The average molecular weight is 292 g/mol. The number of hydrogen-bond donors (Lipinski definition) is 2. The van der Waals surface area contributed by atoms with Gasteiger partial charge in [-0.05, 0) is 37.1 Å². The molecule has 7 heteroatoms. The second-order valence-electron chi connectivity index (χ2n) is 5.55. The lowest BCUT2D eigenvalue weighted by Crippen LogP contribution is -2.31. The largest absolute Gasteiger partial charge is 0.345 e. The summed E-state index contributed by atoms with van der Waals surface area (Å²) in [5.41, 5.74) is 0.618. The molecule has 0 spiro atoms. The van der Waals surface area contributed by atoms with Crippen molar-refractivity contribution in [1.29, 1.82) is 0 Å². The Hall–Kier alpha value is -1.44. The number of nitrogens with zero attached hydrogens (tertiary/aromatic N) is 2. The van der Waals surface area contributed by atoms with Gasteiger partial charge in [-0.15, -0.1) is 0 Å². The van der Waals surface area contributed by atoms with Crippen molar-refractivity contribution in [2.24, 2.45) is 11.8 Å². The van der Waals surface area contributed by atoms with E-state index in [1.165, 1.54) is 0 Å². The summed E-state index contributed by atoms with van der Waals surface area (Å²) in [6.07, 6.45) is 3.21. The van der Waals surface area contributed by atoms with Gasteiger partial charge in [-0.2, -0.15) is 4.31 Å². The summed E-state index contributed by atoms with van der Waals surface area (Å²) in [6.45, 7) is 3.08. The standard InChI is InChI=1S/C13H16N4O2S/c18-20(19,17-7-9-4-14-5-10(9)8-17)12-6-16-13-11(12)2-1-3-15-13/h1-3,6,9-10,14H,4-5,7-8H2,(H,15,16)/t9-,10+. The van der Waals surface area contributed by atoms with Crippen molar-refractivity contribution >= 4 is 21.1 Å². The van der Waals surface area contributed by atoms with Crippen LogP contribution in [0.1, 0.15) is 0 Å². The molecule has 0 saturated carbocycles. The molecule has 2 aromatic rings. The van der Waals surface area contributed by atoms with E-state index >= 15 is 0 Å². The van der Waals surface area contributed by atoms with Gasteiger partial charge in [0.2, 0.25) is 10.0 Å². The van der Waals surface area contributed by atoms with Gasteiger partial charge >= 0.3 is 0 Å². The summed E-state index contributed by atoms with van der Waals surface area (Å²) >= 11 is 0. The molecule has 2 aromatic heterocycles. The van der Waals surface area contributed by atoms with Gasteiger partial charge in [-0.1, -0.05) is 0 Å². The van der Waals surface area contributed by atoms with Gasteiger partial charge < -0.3 is 10.3 Å². The quantitative estimate of drug-likeness (QED) is 0.840. The Morgan fingerprint density at radius 2 is 2.00 bits per heavy atom. The number of H-pyrrole nitrogens is 1. The zero-order chi connectivity index (χ0) is 13.7. The molecule has 106 valence electrons. The molecule has 2 atom stereocenters. The fourth-order valence-electron chi connectivity index (χ4n) is 3.29. The minimum Gasteiger partial charge on any atom is -0.345 e. The number of aromatic amines is 1. The van der Waals surface area contributed by atoms with Crippen molar-refractivity contribution < 1.29 is 8.42 Å². The lowest BCUT2D eigenvalue weighted by Gasteiger charge is -2.16. The Morgan fingerprint density at radius 3 is 2.75 bits per heavy atom. The van der Waals surface area contributed by atoms with Crippen molar-refractivity contribution in [1.82, 2.24) is 19.6 Å². The fraction of sp³-hybridized carbons (Fsp3) is 0.462. The smallest absolute Gasteiger partial charge is 0.245 e. The number of rotatable bonds is 2. The first-order valence-electron chi connectivity index (χ1n) is 6.79. The molecule has 0 amide bonds. The van der Waals surface area contributed by atoms with E-state index in [4.69, 9.17) is 0 Å². The number of pyridine rings is 1. The van der Waals surface area contributed by atoms with Gasteiger partial charge in [-0.25, -0.2) is 13.4 Å². The normalized spacial score (nSPS) is 27.2. The first-order valence-corrected chi connectivity index (χ1v) is 8.23. The lowest BCUT2D eigenvalue weighted by atomic mass is 10.0. The lowest BCUT2D eigenvalue weighted by molar-refractivity contribution is 0.448. The van der Waals surface area contributed by atoms with E-state index in [2.05, 4.69) is 15.3 Å². The van der Waals surface area contributed by atoms with Crippen LogP contribution in [-0.4, -0.2) is 48.9 Å². The molecular weight excluding hydrogens is 276 g/mol. The van der Waals surface area contributed by atoms with Crippen LogP contribution in [0.5, 0.6) is 0 Å². The topological polar surface area (TPSA) is 78.1 Å². The van der Waals surface area contributed by atoms with Crippen LogP contribution in [0.4, 0.5) is 0 Å². The first-order chi connectivity index (χ1) is 9.66. The molecule has 2 fully saturated rings. The van der Waals surface area contributed by atoms with Crippen LogP contribution in [0.15, 0.2) is 29.4 Å². The monoisotopic (exact) mass is 292 g/mol. The third-order valence-electron chi connectivity index (χ3n) is 4.39. The number of hydrogen-bond acceptors (Lipinski definition) is 4. The van der Waals surface area contributed by atoms with Crippen LogP contribution in [0.2, 0.25) is 0 Å². The third kappa shape index (κ3) is 1.70. The zero-order valence-electron chi connectivity index (χ0n) is 10.9. The third-order valence-corrected chi connectivity index (χ3v) is 6.26. The van der Waals surface area contributed by atoms with E-state index in [0.717, 1.165) is 13.1 Å². The van der Waals surface area contributed by atoms with E-state index in [0.29, 0.717) is 40.9 Å². The maximum atomic E-state index is 12.8. The Labute approximate surface area is 117 Å². The minimum absolute atomic E-state index is 0.341. The van der Waals surface area contributed by atoms with Gasteiger partial charge in [0.25, 0.3) is 0 Å². The molecule has 4 heterocycles. The maximum absolute atomic E-state index is 12.8. The Balaban J connectivity index is 1.73. The van der Waals surface area contributed by atoms with Crippen LogP contribution in [-0.2, 0) is 10.0 Å². The molecular formula is C13H16N4O2S.